The number of nitrogens with zero attached hydrogens (tertiary/aromatic N) is 1. The summed E-state index contributed by atoms with van der Waals surface area (Å²) in [7, 11) is 0. The van der Waals surface area contributed by atoms with E-state index in [4.69, 9.17) is 0 Å². The number of carbonyl (C=O) groups is 1. The Morgan fingerprint density at radius 1 is 1.50 bits per heavy atom. The maximum absolute atomic E-state index is 12.6. The summed E-state index contributed by atoms with van der Waals surface area (Å²) >= 11 is 1.73. The summed E-state index contributed by atoms with van der Waals surface area (Å²) < 4.78 is 0. The molecule has 1 heterocycles. The Balaban J connectivity index is 2.12. The summed E-state index contributed by atoms with van der Waals surface area (Å²) in [4.78, 5) is 15.7. The van der Waals surface area contributed by atoms with Gasteiger partial charge in [0.1, 0.15) is 6.04 Å². The van der Waals surface area contributed by atoms with Crippen molar-refractivity contribution in [1.82, 2.24) is 10.2 Å². The van der Waals surface area contributed by atoms with Crippen molar-refractivity contribution in [3.63, 3.8) is 0 Å². The van der Waals surface area contributed by atoms with Crippen LogP contribution in [-0.2, 0) is 11.3 Å². The highest BCUT2D eigenvalue weighted by Gasteiger charge is 2.25. The predicted molar refractivity (Wildman–Crippen MR) is 84.8 cm³/mol. The Labute approximate surface area is 125 Å². The van der Waals surface area contributed by atoms with E-state index in [9.17, 15) is 4.79 Å². The van der Waals surface area contributed by atoms with Crippen LogP contribution in [0.1, 0.15) is 19.4 Å². The summed E-state index contributed by atoms with van der Waals surface area (Å²) in [5.74, 6) is 0.156. The van der Waals surface area contributed by atoms with Gasteiger partial charge in [0.2, 0.25) is 5.91 Å². The van der Waals surface area contributed by atoms with Crippen LogP contribution >= 0.6 is 11.8 Å². The van der Waals surface area contributed by atoms with Gasteiger partial charge in [-0.25, -0.2) is 0 Å². The number of nitrogens with one attached hydrogen (secondary N) is 1. The van der Waals surface area contributed by atoms with Crippen LogP contribution in [0.4, 0.5) is 0 Å². The molecular weight excluding hydrogens is 268 g/mol. The maximum Gasteiger partial charge on any atom is 0.244 e. The van der Waals surface area contributed by atoms with Crippen molar-refractivity contribution in [2.45, 2.75) is 37.4 Å². The lowest BCUT2D eigenvalue weighted by Gasteiger charge is -2.29. The molecule has 0 aliphatic carbocycles. The van der Waals surface area contributed by atoms with E-state index in [0.29, 0.717) is 6.54 Å². The van der Waals surface area contributed by atoms with E-state index < -0.39 is 0 Å². The number of hydrogen-bond donors (Lipinski definition) is 1. The van der Waals surface area contributed by atoms with Gasteiger partial charge in [0.05, 0.1) is 0 Å². The molecule has 0 saturated carbocycles. The van der Waals surface area contributed by atoms with Crippen LogP contribution in [0.5, 0.6) is 0 Å². The summed E-state index contributed by atoms with van der Waals surface area (Å²) in [6.45, 7) is 5.57. The maximum atomic E-state index is 12.6. The Kier molecular flexibility index (Phi) is 5.26. The standard InChI is InChI=1S/C16H22N2OS/c1-12(2)18(16(19)15-8-5-9-17-15)11-13-6-4-7-14(10-13)20-3/h4-8,10,12,15,17H,9,11H2,1-3H3. The molecule has 1 N–H and O–H groups in total. The van der Waals surface area contributed by atoms with Gasteiger partial charge in [-0.3, -0.25) is 10.1 Å². The molecule has 0 radical (unpaired) electrons. The molecule has 1 aromatic carbocycles. The Morgan fingerprint density at radius 3 is 2.90 bits per heavy atom. The van der Waals surface area contributed by atoms with Crippen LogP contribution in [0.15, 0.2) is 41.3 Å². The average Bonchev–Trinajstić information content (AvgIpc) is 2.98. The second-order valence-electron chi connectivity index (χ2n) is 5.23. The highest BCUT2D eigenvalue weighted by atomic mass is 32.2. The third kappa shape index (κ3) is 3.64. The van der Waals surface area contributed by atoms with Gasteiger partial charge < -0.3 is 4.90 Å². The van der Waals surface area contributed by atoms with E-state index in [1.165, 1.54) is 10.5 Å². The van der Waals surface area contributed by atoms with Crippen LogP contribution in [0.2, 0.25) is 0 Å². The lowest BCUT2D eigenvalue weighted by molar-refractivity contribution is -0.134. The third-order valence-electron chi connectivity index (χ3n) is 3.44. The molecule has 2 rings (SSSR count). The van der Waals surface area contributed by atoms with E-state index in [1.807, 2.05) is 17.1 Å². The van der Waals surface area contributed by atoms with Gasteiger partial charge in [0.15, 0.2) is 0 Å². The van der Waals surface area contributed by atoms with E-state index in [-0.39, 0.29) is 18.0 Å². The zero-order valence-corrected chi connectivity index (χ0v) is 13.1. The lowest BCUT2D eigenvalue weighted by Crippen LogP contribution is -2.46. The number of benzene rings is 1. The molecule has 1 amide bonds. The molecule has 1 atom stereocenters. The first kappa shape index (κ1) is 15.1. The molecule has 108 valence electrons. The van der Waals surface area contributed by atoms with Gasteiger partial charge in [-0.2, -0.15) is 0 Å². The van der Waals surface area contributed by atoms with Crippen LogP contribution in [0.25, 0.3) is 0 Å². The fraction of sp³-hybridized carbons (Fsp3) is 0.438. The minimum absolute atomic E-state index is 0.156. The van der Waals surface area contributed by atoms with Gasteiger partial charge in [0.25, 0.3) is 0 Å². The predicted octanol–water partition coefficient (Wildman–Crippen LogP) is 2.67. The van der Waals surface area contributed by atoms with Crippen LogP contribution in [0, 0.1) is 0 Å². The number of amides is 1. The molecule has 0 fully saturated rings. The van der Waals surface area contributed by atoms with Gasteiger partial charge in [-0.05, 0) is 37.8 Å². The van der Waals surface area contributed by atoms with E-state index in [2.05, 4.69) is 49.7 Å². The molecule has 0 bridgehead atoms. The SMILES string of the molecule is CSc1cccc(CN(C(=O)C2C=CCN2)C(C)C)c1. The van der Waals surface area contributed by atoms with Crippen molar-refractivity contribution < 1.29 is 4.79 Å². The summed E-state index contributed by atoms with van der Waals surface area (Å²) in [5.41, 5.74) is 1.18. The first-order valence-corrected chi connectivity index (χ1v) is 8.17. The number of carbonyl (C=O) groups excluding carboxylic acids is 1. The van der Waals surface area contributed by atoms with Crippen LogP contribution < -0.4 is 5.32 Å². The van der Waals surface area contributed by atoms with Gasteiger partial charge in [-0.1, -0.05) is 24.3 Å². The Morgan fingerprint density at radius 2 is 2.30 bits per heavy atom. The van der Waals surface area contributed by atoms with Crippen molar-refractivity contribution in [2.24, 2.45) is 0 Å². The Bertz CT molecular complexity index is 499. The van der Waals surface area contributed by atoms with Crippen molar-refractivity contribution in [2.75, 3.05) is 12.8 Å². The summed E-state index contributed by atoms with van der Waals surface area (Å²) in [5, 5.41) is 3.19. The molecule has 0 saturated heterocycles. The van der Waals surface area contributed by atoms with E-state index >= 15 is 0 Å². The molecule has 20 heavy (non-hydrogen) atoms. The molecule has 0 spiro atoms. The first-order valence-electron chi connectivity index (χ1n) is 6.95. The van der Waals surface area contributed by atoms with Crippen molar-refractivity contribution in [1.29, 1.82) is 0 Å². The quantitative estimate of drug-likeness (QED) is 0.668. The number of thioether (sulfide) groups is 1. The summed E-state index contributed by atoms with van der Waals surface area (Å²) in [6.07, 6.45) is 6.03. The van der Waals surface area contributed by atoms with Crippen molar-refractivity contribution in [3.8, 4) is 0 Å². The summed E-state index contributed by atoms with van der Waals surface area (Å²) in [6, 6.07) is 8.41. The van der Waals surface area contributed by atoms with E-state index in [1.54, 1.807) is 11.8 Å². The number of hydrogen-bond acceptors (Lipinski definition) is 3. The molecule has 1 unspecified atom stereocenters. The fourth-order valence-electron chi connectivity index (χ4n) is 2.30. The zero-order chi connectivity index (χ0) is 14.5. The highest BCUT2D eigenvalue weighted by molar-refractivity contribution is 7.98. The zero-order valence-electron chi connectivity index (χ0n) is 12.3. The van der Waals surface area contributed by atoms with Crippen molar-refractivity contribution in [3.05, 3.63) is 42.0 Å². The third-order valence-corrected chi connectivity index (χ3v) is 4.17. The molecule has 3 nitrogen and oxygen atoms in total. The molecule has 1 aliphatic heterocycles. The van der Waals surface area contributed by atoms with Gasteiger partial charge in [-0.15, -0.1) is 11.8 Å². The van der Waals surface area contributed by atoms with Gasteiger partial charge in [0, 0.05) is 24.0 Å². The molecular formula is C16H22N2OS. The van der Waals surface area contributed by atoms with Crippen LogP contribution in [0.3, 0.4) is 0 Å². The first-order chi connectivity index (χ1) is 9.61. The monoisotopic (exact) mass is 290 g/mol. The lowest BCUT2D eigenvalue weighted by atomic mass is 10.1. The van der Waals surface area contributed by atoms with Crippen LogP contribution in [-0.4, -0.2) is 35.7 Å². The molecule has 1 aromatic rings. The largest absolute Gasteiger partial charge is 0.334 e. The topological polar surface area (TPSA) is 32.3 Å². The van der Waals surface area contributed by atoms with Gasteiger partial charge >= 0.3 is 0 Å². The molecule has 0 aromatic heterocycles. The second-order valence-corrected chi connectivity index (χ2v) is 6.11. The second kappa shape index (κ2) is 6.95. The minimum Gasteiger partial charge on any atom is -0.334 e. The van der Waals surface area contributed by atoms with Crippen molar-refractivity contribution >= 4 is 17.7 Å². The number of rotatable bonds is 5. The normalized spacial score (nSPS) is 17.7. The molecule has 4 heteroatoms. The highest BCUT2D eigenvalue weighted by Crippen LogP contribution is 2.18. The average molecular weight is 290 g/mol. The minimum atomic E-state index is -0.166. The Hall–Kier alpha value is -1.26. The smallest absolute Gasteiger partial charge is 0.244 e. The van der Waals surface area contributed by atoms with E-state index in [0.717, 1.165) is 6.54 Å². The fourth-order valence-corrected chi connectivity index (χ4v) is 2.78. The molecule has 1 aliphatic rings.